The Kier molecular flexibility index (Phi) is 3.91. The number of rotatable bonds is 4. The maximum atomic E-state index is 5.93. The van der Waals surface area contributed by atoms with Crippen LogP contribution in [0, 0.1) is 6.92 Å². The molecule has 2 unspecified atom stereocenters. The van der Waals surface area contributed by atoms with E-state index in [0.29, 0.717) is 10.9 Å². The predicted octanol–water partition coefficient (Wildman–Crippen LogP) is 4.25. The van der Waals surface area contributed by atoms with Gasteiger partial charge in [0, 0.05) is 11.2 Å². The van der Waals surface area contributed by atoms with Crippen molar-refractivity contribution in [1.29, 1.82) is 0 Å². The van der Waals surface area contributed by atoms with Crippen molar-refractivity contribution >= 4 is 15.9 Å². The summed E-state index contributed by atoms with van der Waals surface area (Å²) in [4.78, 5) is 0.624. The topological polar surface area (TPSA) is 9.23 Å². The summed E-state index contributed by atoms with van der Waals surface area (Å²) < 4.78 is 5.93. The van der Waals surface area contributed by atoms with Gasteiger partial charge >= 0.3 is 0 Å². The van der Waals surface area contributed by atoms with Crippen LogP contribution >= 0.6 is 15.9 Å². The molecule has 0 saturated carbocycles. The molecular formula is C14H19BrO. The van der Waals surface area contributed by atoms with E-state index in [1.165, 1.54) is 30.4 Å². The molecule has 2 heteroatoms. The van der Waals surface area contributed by atoms with Crippen LogP contribution in [-0.4, -0.2) is 10.9 Å². The van der Waals surface area contributed by atoms with Gasteiger partial charge in [0.1, 0.15) is 11.9 Å². The lowest BCUT2D eigenvalue weighted by molar-refractivity contribution is 0.217. The molecule has 0 N–H and O–H groups in total. The zero-order chi connectivity index (χ0) is 11.5. The summed E-state index contributed by atoms with van der Waals surface area (Å²) in [5.74, 6) is 1.10. The van der Waals surface area contributed by atoms with Gasteiger partial charge in [0.15, 0.2) is 0 Å². The second-order valence-corrected chi connectivity index (χ2v) is 6.33. The molecule has 1 nitrogen and oxygen atoms in total. The molecule has 0 fully saturated rings. The number of halogens is 1. The van der Waals surface area contributed by atoms with E-state index < -0.39 is 0 Å². The van der Waals surface area contributed by atoms with E-state index in [1.54, 1.807) is 0 Å². The third-order valence-electron chi connectivity index (χ3n) is 3.09. The Morgan fingerprint density at radius 3 is 3.06 bits per heavy atom. The smallest absolute Gasteiger partial charge is 0.123 e. The van der Waals surface area contributed by atoms with E-state index in [9.17, 15) is 0 Å². The fourth-order valence-electron chi connectivity index (χ4n) is 2.24. The number of aryl methyl sites for hydroxylation is 1. The Bertz CT molecular complexity index is 360. The second-order valence-electron chi connectivity index (χ2n) is 4.77. The van der Waals surface area contributed by atoms with Crippen LogP contribution < -0.4 is 4.74 Å². The Morgan fingerprint density at radius 1 is 1.50 bits per heavy atom. The highest BCUT2D eigenvalue weighted by molar-refractivity contribution is 9.09. The number of ether oxygens (including phenoxy) is 1. The number of hydrogen-bond donors (Lipinski definition) is 0. The number of alkyl halides is 1. The second kappa shape index (κ2) is 5.22. The van der Waals surface area contributed by atoms with Crippen molar-refractivity contribution in [2.45, 2.75) is 50.5 Å². The van der Waals surface area contributed by atoms with Crippen LogP contribution in [0.2, 0.25) is 0 Å². The molecular weight excluding hydrogens is 264 g/mol. The molecule has 0 aromatic heterocycles. The molecule has 1 heterocycles. The van der Waals surface area contributed by atoms with Gasteiger partial charge in [0.05, 0.1) is 0 Å². The van der Waals surface area contributed by atoms with Gasteiger partial charge in [0.25, 0.3) is 0 Å². The highest BCUT2D eigenvalue weighted by Gasteiger charge is 2.22. The molecule has 0 saturated heterocycles. The molecule has 1 aliphatic heterocycles. The van der Waals surface area contributed by atoms with E-state index in [4.69, 9.17) is 4.74 Å². The minimum Gasteiger partial charge on any atom is -0.490 e. The Hall–Kier alpha value is -0.500. The maximum absolute atomic E-state index is 5.93. The molecule has 0 amide bonds. The van der Waals surface area contributed by atoms with E-state index in [2.05, 4.69) is 48.0 Å². The lowest BCUT2D eigenvalue weighted by atomic mass is 10.0. The Morgan fingerprint density at radius 2 is 2.31 bits per heavy atom. The first-order valence-corrected chi connectivity index (χ1v) is 6.97. The summed E-state index contributed by atoms with van der Waals surface area (Å²) in [5.41, 5.74) is 2.72. The summed E-state index contributed by atoms with van der Waals surface area (Å²) in [5, 5.41) is 0. The monoisotopic (exact) mass is 282 g/mol. The Balaban J connectivity index is 1.86. The van der Waals surface area contributed by atoms with Gasteiger partial charge in [-0.05, 0) is 37.8 Å². The van der Waals surface area contributed by atoms with Crippen molar-refractivity contribution < 1.29 is 4.74 Å². The molecule has 16 heavy (non-hydrogen) atoms. The van der Waals surface area contributed by atoms with Crippen molar-refractivity contribution in [2.75, 3.05) is 0 Å². The van der Waals surface area contributed by atoms with Crippen LogP contribution in [0.25, 0.3) is 0 Å². The predicted molar refractivity (Wildman–Crippen MR) is 71.5 cm³/mol. The summed E-state index contributed by atoms with van der Waals surface area (Å²) in [6.45, 7) is 4.34. The van der Waals surface area contributed by atoms with E-state index >= 15 is 0 Å². The zero-order valence-corrected chi connectivity index (χ0v) is 11.6. The van der Waals surface area contributed by atoms with Gasteiger partial charge in [0.2, 0.25) is 0 Å². The molecule has 0 radical (unpaired) electrons. The van der Waals surface area contributed by atoms with Gasteiger partial charge in [-0.3, -0.25) is 0 Å². The van der Waals surface area contributed by atoms with Gasteiger partial charge in [-0.25, -0.2) is 0 Å². The van der Waals surface area contributed by atoms with E-state index in [1.807, 2.05) is 0 Å². The molecule has 0 bridgehead atoms. The highest BCUT2D eigenvalue weighted by atomic mass is 79.9. The van der Waals surface area contributed by atoms with Gasteiger partial charge in [-0.1, -0.05) is 40.5 Å². The average molecular weight is 283 g/mol. The zero-order valence-electron chi connectivity index (χ0n) is 10.0. The van der Waals surface area contributed by atoms with Crippen molar-refractivity contribution in [3.8, 4) is 5.75 Å². The van der Waals surface area contributed by atoms with Crippen LogP contribution in [0.5, 0.6) is 5.75 Å². The molecule has 88 valence electrons. The van der Waals surface area contributed by atoms with Crippen LogP contribution in [0.4, 0.5) is 0 Å². The molecule has 2 atom stereocenters. The Labute approximate surface area is 106 Å². The summed E-state index contributed by atoms with van der Waals surface area (Å²) >= 11 is 3.58. The molecule has 0 spiro atoms. The summed E-state index contributed by atoms with van der Waals surface area (Å²) in [7, 11) is 0. The van der Waals surface area contributed by atoms with Gasteiger partial charge < -0.3 is 4.74 Å². The lowest BCUT2D eigenvalue weighted by Gasteiger charge is -2.10. The maximum Gasteiger partial charge on any atom is 0.123 e. The number of fused-ring (bicyclic) bond motifs is 1. The SMILES string of the molecule is Cc1ccc2c(c1)CC(CCCC(C)Br)O2. The first kappa shape index (κ1) is 12.0. The van der Waals surface area contributed by atoms with Crippen molar-refractivity contribution in [2.24, 2.45) is 0 Å². The van der Waals surface area contributed by atoms with Crippen LogP contribution in [-0.2, 0) is 6.42 Å². The third kappa shape index (κ3) is 3.00. The van der Waals surface area contributed by atoms with Gasteiger partial charge in [-0.2, -0.15) is 0 Å². The molecule has 1 aromatic carbocycles. The lowest BCUT2D eigenvalue weighted by Crippen LogP contribution is -2.12. The largest absolute Gasteiger partial charge is 0.490 e. The first-order chi connectivity index (χ1) is 7.65. The van der Waals surface area contributed by atoms with Crippen LogP contribution in [0.3, 0.4) is 0 Å². The van der Waals surface area contributed by atoms with Gasteiger partial charge in [-0.15, -0.1) is 0 Å². The standard InChI is InChI=1S/C14H19BrO/c1-10-6-7-14-12(8-10)9-13(16-14)5-3-4-11(2)15/h6-8,11,13H,3-5,9H2,1-2H3. The van der Waals surface area contributed by atoms with Crippen molar-refractivity contribution in [3.05, 3.63) is 29.3 Å². The van der Waals surface area contributed by atoms with Crippen molar-refractivity contribution in [3.63, 3.8) is 0 Å². The average Bonchev–Trinajstić information content (AvgIpc) is 2.58. The highest BCUT2D eigenvalue weighted by Crippen LogP contribution is 2.31. The molecule has 2 rings (SSSR count). The van der Waals surface area contributed by atoms with Crippen LogP contribution in [0.15, 0.2) is 18.2 Å². The number of benzene rings is 1. The molecule has 0 aliphatic carbocycles. The van der Waals surface area contributed by atoms with E-state index in [0.717, 1.165) is 12.2 Å². The number of hydrogen-bond acceptors (Lipinski definition) is 1. The normalized spacial score (nSPS) is 20.3. The van der Waals surface area contributed by atoms with Crippen molar-refractivity contribution in [1.82, 2.24) is 0 Å². The summed E-state index contributed by atoms with van der Waals surface area (Å²) in [6.07, 6.45) is 5.14. The van der Waals surface area contributed by atoms with Crippen LogP contribution in [0.1, 0.15) is 37.3 Å². The summed E-state index contributed by atoms with van der Waals surface area (Å²) in [6, 6.07) is 6.49. The fourth-order valence-corrected chi connectivity index (χ4v) is 2.56. The first-order valence-electron chi connectivity index (χ1n) is 6.05. The molecule has 1 aliphatic rings. The van der Waals surface area contributed by atoms with E-state index in [-0.39, 0.29) is 0 Å². The minimum absolute atomic E-state index is 0.406. The minimum atomic E-state index is 0.406. The molecule has 1 aromatic rings. The quantitative estimate of drug-likeness (QED) is 0.750. The third-order valence-corrected chi connectivity index (χ3v) is 3.54. The fraction of sp³-hybridized carbons (Fsp3) is 0.571.